The normalized spacial score (nSPS) is 11.8. The van der Waals surface area contributed by atoms with Crippen LogP contribution in [0.2, 0.25) is 0 Å². The van der Waals surface area contributed by atoms with Gasteiger partial charge in [0.25, 0.3) is 0 Å². The number of benzene rings is 4. The van der Waals surface area contributed by atoms with Crippen molar-refractivity contribution in [1.82, 2.24) is 15.2 Å². The lowest BCUT2D eigenvalue weighted by atomic mass is 9.98. The molecule has 0 saturated carbocycles. The highest BCUT2D eigenvalue weighted by Gasteiger charge is 2.15. The minimum atomic E-state index is 0.919. The van der Waals surface area contributed by atoms with Gasteiger partial charge in [-0.3, -0.25) is 5.10 Å². The van der Waals surface area contributed by atoms with Crippen LogP contribution in [-0.4, -0.2) is 15.2 Å². The molecule has 0 saturated heterocycles. The molecule has 0 aliphatic heterocycles. The average Bonchev–Trinajstić information content (AvgIpc) is 3.13. The Bertz CT molecular complexity index is 1510. The third-order valence-corrected chi connectivity index (χ3v) is 5.56. The maximum absolute atomic E-state index is 4.97. The smallest absolute Gasteiger partial charge is 0.117 e. The largest absolute Gasteiger partial charge is 0.277 e. The van der Waals surface area contributed by atoms with Gasteiger partial charge in [-0.1, -0.05) is 72.3 Å². The van der Waals surface area contributed by atoms with Gasteiger partial charge in [0, 0.05) is 21.5 Å². The van der Waals surface area contributed by atoms with Crippen molar-refractivity contribution >= 4 is 43.6 Å². The topological polar surface area (TPSA) is 41.6 Å². The van der Waals surface area contributed by atoms with Crippen LogP contribution >= 0.6 is 0 Å². The van der Waals surface area contributed by atoms with Gasteiger partial charge in [0.15, 0.2) is 0 Å². The first-order valence-corrected chi connectivity index (χ1v) is 9.45. The SMILES string of the molecule is Cc1ccc(-c2cccc3nc4c(ccc5c6ccccc6[nH]nc54)c23)cc1. The van der Waals surface area contributed by atoms with Gasteiger partial charge < -0.3 is 0 Å². The van der Waals surface area contributed by atoms with Crippen molar-refractivity contribution < 1.29 is 0 Å². The van der Waals surface area contributed by atoms with Crippen molar-refractivity contribution in [1.29, 1.82) is 0 Å². The lowest BCUT2D eigenvalue weighted by Crippen LogP contribution is -1.88. The number of aromatic amines is 1. The molecule has 0 atom stereocenters. The number of para-hydroxylation sites is 1. The molecule has 0 aliphatic rings. The Hall–Kier alpha value is -3.72. The van der Waals surface area contributed by atoms with E-state index in [0.29, 0.717) is 0 Å². The Kier molecular flexibility index (Phi) is 3.09. The van der Waals surface area contributed by atoms with Crippen molar-refractivity contribution in [3.8, 4) is 11.1 Å². The summed E-state index contributed by atoms with van der Waals surface area (Å²) in [6.07, 6.45) is 0. The summed E-state index contributed by atoms with van der Waals surface area (Å²) in [5.41, 5.74) is 7.60. The Morgan fingerprint density at radius 3 is 2.39 bits per heavy atom. The lowest BCUT2D eigenvalue weighted by molar-refractivity contribution is 1.12. The van der Waals surface area contributed by atoms with E-state index in [1.54, 1.807) is 0 Å². The zero-order valence-corrected chi connectivity index (χ0v) is 15.4. The highest BCUT2D eigenvalue weighted by molar-refractivity contribution is 6.22. The first-order valence-electron chi connectivity index (χ1n) is 9.45. The van der Waals surface area contributed by atoms with E-state index in [2.05, 4.69) is 89.9 Å². The molecule has 3 nitrogen and oxygen atoms in total. The van der Waals surface area contributed by atoms with Crippen LogP contribution in [0.3, 0.4) is 0 Å². The second-order valence-corrected chi connectivity index (χ2v) is 7.30. The first kappa shape index (κ1) is 15.3. The van der Waals surface area contributed by atoms with E-state index < -0.39 is 0 Å². The van der Waals surface area contributed by atoms with Gasteiger partial charge in [-0.15, -0.1) is 0 Å². The van der Waals surface area contributed by atoms with E-state index in [9.17, 15) is 0 Å². The van der Waals surface area contributed by atoms with Crippen molar-refractivity contribution in [2.24, 2.45) is 0 Å². The number of hydrogen-bond donors (Lipinski definition) is 1. The zero-order valence-electron chi connectivity index (χ0n) is 15.4. The van der Waals surface area contributed by atoms with E-state index in [4.69, 9.17) is 4.98 Å². The predicted octanol–water partition coefficient (Wildman–Crippen LogP) is 6.39. The number of H-pyrrole nitrogens is 1. The predicted molar refractivity (Wildman–Crippen MR) is 117 cm³/mol. The summed E-state index contributed by atoms with van der Waals surface area (Å²) < 4.78 is 0. The Morgan fingerprint density at radius 2 is 1.50 bits per heavy atom. The molecule has 4 aromatic carbocycles. The fraction of sp³-hybridized carbons (Fsp3) is 0.0400. The van der Waals surface area contributed by atoms with Crippen LogP contribution in [0.1, 0.15) is 5.56 Å². The lowest BCUT2D eigenvalue weighted by Gasteiger charge is -2.06. The third kappa shape index (κ3) is 2.10. The van der Waals surface area contributed by atoms with Crippen LogP contribution in [0, 0.1) is 6.92 Å². The number of hydrogen-bond acceptors (Lipinski definition) is 2. The molecule has 0 radical (unpaired) electrons. The van der Waals surface area contributed by atoms with Gasteiger partial charge >= 0.3 is 0 Å². The van der Waals surface area contributed by atoms with Crippen molar-refractivity contribution in [2.75, 3.05) is 0 Å². The molecule has 0 unspecified atom stereocenters. The van der Waals surface area contributed by atoms with Gasteiger partial charge in [0.1, 0.15) is 5.52 Å². The van der Waals surface area contributed by atoms with Gasteiger partial charge in [0.05, 0.1) is 16.6 Å². The summed E-state index contributed by atoms with van der Waals surface area (Å²) in [6, 6.07) is 27.7. The molecule has 6 rings (SSSR count). The Labute approximate surface area is 161 Å². The van der Waals surface area contributed by atoms with Gasteiger partial charge in [-0.05, 0) is 30.2 Å². The summed E-state index contributed by atoms with van der Waals surface area (Å²) in [6.45, 7) is 2.11. The number of nitrogens with one attached hydrogen (secondary N) is 1. The van der Waals surface area contributed by atoms with Crippen LogP contribution in [0.4, 0.5) is 0 Å². The van der Waals surface area contributed by atoms with E-state index in [1.165, 1.54) is 27.5 Å². The van der Waals surface area contributed by atoms with Crippen molar-refractivity contribution in [3.05, 3.63) is 84.4 Å². The van der Waals surface area contributed by atoms with Gasteiger partial charge in [0.2, 0.25) is 0 Å². The first-order chi connectivity index (χ1) is 13.8. The molecule has 0 spiro atoms. The summed E-state index contributed by atoms with van der Waals surface area (Å²) in [5, 5.41) is 12.5. The highest BCUT2D eigenvalue weighted by atomic mass is 15.1. The van der Waals surface area contributed by atoms with Gasteiger partial charge in [-0.25, -0.2) is 4.98 Å². The molecular weight excluding hydrogens is 342 g/mol. The summed E-state index contributed by atoms with van der Waals surface area (Å²) >= 11 is 0. The van der Waals surface area contributed by atoms with Crippen LogP contribution < -0.4 is 0 Å². The van der Waals surface area contributed by atoms with Crippen LogP contribution in [0.15, 0.2) is 78.9 Å². The second kappa shape index (κ2) is 5.64. The maximum atomic E-state index is 4.97. The van der Waals surface area contributed by atoms with E-state index in [0.717, 1.165) is 32.8 Å². The van der Waals surface area contributed by atoms with E-state index in [1.807, 2.05) is 6.07 Å². The number of nitrogens with zero attached hydrogens (tertiary/aromatic N) is 2. The van der Waals surface area contributed by atoms with Crippen LogP contribution in [0.25, 0.3) is 54.7 Å². The zero-order chi connectivity index (χ0) is 18.7. The van der Waals surface area contributed by atoms with Crippen molar-refractivity contribution in [3.63, 3.8) is 0 Å². The van der Waals surface area contributed by atoms with Gasteiger partial charge in [-0.2, -0.15) is 5.10 Å². The fourth-order valence-corrected chi connectivity index (χ4v) is 4.17. The maximum Gasteiger partial charge on any atom is 0.117 e. The quantitative estimate of drug-likeness (QED) is 0.345. The van der Waals surface area contributed by atoms with E-state index >= 15 is 0 Å². The second-order valence-electron chi connectivity index (χ2n) is 7.30. The summed E-state index contributed by atoms with van der Waals surface area (Å²) in [4.78, 5) is 4.97. The molecule has 1 N–H and O–H groups in total. The Balaban J connectivity index is 1.74. The molecule has 3 heteroatoms. The number of aryl methyl sites for hydroxylation is 1. The third-order valence-electron chi connectivity index (χ3n) is 5.56. The average molecular weight is 359 g/mol. The molecule has 2 heterocycles. The molecule has 0 aliphatic carbocycles. The molecule has 28 heavy (non-hydrogen) atoms. The molecule has 0 fully saturated rings. The molecule has 2 aromatic heterocycles. The van der Waals surface area contributed by atoms with Crippen LogP contribution in [0.5, 0.6) is 0 Å². The molecule has 6 aromatic rings. The Morgan fingerprint density at radius 1 is 0.679 bits per heavy atom. The number of rotatable bonds is 1. The summed E-state index contributed by atoms with van der Waals surface area (Å²) in [7, 11) is 0. The minimum absolute atomic E-state index is 0.919. The summed E-state index contributed by atoms with van der Waals surface area (Å²) in [5.74, 6) is 0. The minimum Gasteiger partial charge on any atom is -0.277 e. The van der Waals surface area contributed by atoms with Crippen molar-refractivity contribution in [2.45, 2.75) is 6.92 Å². The number of aromatic nitrogens is 3. The molecule has 132 valence electrons. The molecular formula is C25H17N3. The fourth-order valence-electron chi connectivity index (χ4n) is 4.17. The standard InChI is InChI=1S/C25H17N3/c1-15-9-11-16(12-10-15)17-6-4-8-22-23(17)20-14-13-19-18-5-2-3-7-21(18)27-28-25(19)24(20)26-22/h2-14,27H,1H3. The molecule has 0 bridgehead atoms. The van der Waals surface area contributed by atoms with E-state index in [-0.39, 0.29) is 0 Å². The monoisotopic (exact) mass is 359 g/mol. The highest BCUT2D eigenvalue weighted by Crippen LogP contribution is 2.37. The molecule has 0 amide bonds. The number of fused-ring (bicyclic) bond motifs is 7. The van der Waals surface area contributed by atoms with Crippen LogP contribution in [-0.2, 0) is 0 Å².